The van der Waals surface area contributed by atoms with Crippen molar-refractivity contribution in [2.24, 2.45) is 0 Å². The molecule has 0 saturated heterocycles. The number of anilines is 2. The summed E-state index contributed by atoms with van der Waals surface area (Å²) in [6.07, 6.45) is 4.71. The highest BCUT2D eigenvalue weighted by Gasteiger charge is 2.25. The Bertz CT molecular complexity index is 1660. The van der Waals surface area contributed by atoms with Crippen molar-refractivity contribution in [2.45, 2.75) is 11.8 Å². The third-order valence-corrected chi connectivity index (χ3v) is 7.90. The molecule has 3 aromatic heterocycles. The van der Waals surface area contributed by atoms with Gasteiger partial charge >= 0.3 is 0 Å². The van der Waals surface area contributed by atoms with E-state index in [-0.39, 0.29) is 16.8 Å². The summed E-state index contributed by atoms with van der Waals surface area (Å²) in [5.41, 5.74) is 2.08. The summed E-state index contributed by atoms with van der Waals surface area (Å²) < 4.78 is 28.8. The molecule has 1 amide bonds. The summed E-state index contributed by atoms with van der Waals surface area (Å²) in [4.78, 5) is 28.6. The molecule has 170 valence electrons. The van der Waals surface area contributed by atoms with Crippen LogP contribution in [0, 0.1) is 0 Å². The molecule has 0 fully saturated rings. The van der Waals surface area contributed by atoms with Crippen LogP contribution in [0.25, 0.3) is 32.2 Å². The van der Waals surface area contributed by atoms with E-state index in [1.807, 2.05) is 24.3 Å². The number of benzene rings is 2. The lowest BCUT2D eigenvalue weighted by molar-refractivity contribution is -0.114. The first-order valence-electron chi connectivity index (χ1n) is 10.2. The first-order valence-corrected chi connectivity index (χ1v) is 12.4. The summed E-state index contributed by atoms with van der Waals surface area (Å²) in [5.74, 6) is -0.140. The van der Waals surface area contributed by atoms with E-state index < -0.39 is 10.0 Å². The van der Waals surface area contributed by atoms with Gasteiger partial charge in [0.25, 0.3) is 10.0 Å². The van der Waals surface area contributed by atoms with Gasteiger partial charge in [0.05, 0.1) is 20.8 Å². The van der Waals surface area contributed by atoms with Crippen LogP contribution in [0.5, 0.6) is 0 Å². The highest BCUT2D eigenvalue weighted by molar-refractivity contribution is 7.93. The van der Waals surface area contributed by atoms with Gasteiger partial charge in [0.1, 0.15) is 0 Å². The van der Waals surface area contributed by atoms with Crippen LogP contribution in [0.1, 0.15) is 6.92 Å². The maximum Gasteiger partial charge on any atom is 0.267 e. The Morgan fingerprint density at radius 3 is 2.74 bits per heavy atom. The third kappa shape index (κ3) is 3.95. The van der Waals surface area contributed by atoms with Gasteiger partial charge < -0.3 is 5.32 Å². The highest BCUT2D eigenvalue weighted by Crippen LogP contribution is 2.31. The lowest BCUT2D eigenvalue weighted by Gasteiger charge is -2.19. The van der Waals surface area contributed by atoms with Gasteiger partial charge in [0.2, 0.25) is 11.9 Å². The van der Waals surface area contributed by atoms with E-state index in [2.05, 4.69) is 25.3 Å². The second-order valence-corrected chi connectivity index (χ2v) is 10.4. The molecule has 1 N–H and O–H groups in total. The number of hydrogen-bond donors (Lipinski definition) is 1. The Morgan fingerprint density at radius 1 is 1.06 bits per heavy atom. The molecule has 11 heteroatoms. The van der Waals surface area contributed by atoms with Crippen LogP contribution in [0.2, 0.25) is 0 Å². The fourth-order valence-corrected chi connectivity index (χ4v) is 5.79. The van der Waals surface area contributed by atoms with E-state index in [0.29, 0.717) is 16.2 Å². The number of rotatable bonds is 5. The number of carbonyl (C=O) groups excluding carboxylic acids is 1. The van der Waals surface area contributed by atoms with Gasteiger partial charge in [0, 0.05) is 48.9 Å². The van der Waals surface area contributed by atoms with Gasteiger partial charge in [-0.1, -0.05) is 29.5 Å². The number of carbonyl (C=O) groups is 1. The van der Waals surface area contributed by atoms with Crippen molar-refractivity contribution in [3.8, 4) is 11.3 Å². The zero-order valence-electron chi connectivity index (χ0n) is 18.1. The standard InChI is InChI=1S/C23H18N6O3S2/c1-14(30)26-23-28-19-7-6-15(12-20(19)33-23)18-9-11-25-22(27-18)29(2)34(31,32)21-5-3-4-16-13-24-10-8-17(16)21/h3-13H,1-2H3,(H,26,28,30). The summed E-state index contributed by atoms with van der Waals surface area (Å²) in [6.45, 7) is 1.43. The fourth-order valence-electron chi connectivity index (χ4n) is 3.52. The minimum atomic E-state index is -3.93. The monoisotopic (exact) mass is 490 g/mol. The van der Waals surface area contributed by atoms with Gasteiger partial charge in [-0.2, -0.15) is 0 Å². The molecule has 5 aromatic rings. The van der Waals surface area contributed by atoms with E-state index in [1.165, 1.54) is 31.5 Å². The molecule has 9 nitrogen and oxygen atoms in total. The van der Waals surface area contributed by atoms with Gasteiger partial charge in [-0.3, -0.25) is 9.78 Å². The van der Waals surface area contributed by atoms with E-state index in [9.17, 15) is 13.2 Å². The lowest BCUT2D eigenvalue weighted by Crippen LogP contribution is -2.28. The molecule has 0 bridgehead atoms. The minimum Gasteiger partial charge on any atom is -0.302 e. The van der Waals surface area contributed by atoms with Crippen LogP contribution in [0.3, 0.4) is 0 Å². The van der Waals surface area contributed by atoms with Crippen LogP contribution in [0.4, 0.5) is 11.1 Å². The second-order valence-electron chi connectivity index (χ2n) is 7.45. The van der Waals surface area contributed by atoms with Crippen molar-refractivity contribution in [1.29, 1.82) is 0 Å². The first kappa shape index (κ1) is 21.9. The Morgan fingerprint density at radius 2 is 1.91 bits per heavy atom. The average molecular weight is 491 g/mol. The van der Waals surface area contributed by atoms with Gasteiger partial charge in [-0.25, -0.2) is 27.7 Å². The molecule has 34 heavy (non-hydrogen) atoms. The maximum absolute atomic E-state index is 13.4. The Labute approximate surface area is 199 Å². The maximum atomic E-state index is 13.4. The summed E-state index contributed by atoms with van der Waals surface area (Å²) in [7, 11) is -2.50. The van der Waals surface area contributed by atoms with Crippen molar-refractivity contribution < 1.29 is 13.2 Å². The molecule has 0 atom stereocenters. The Hall–Kier alpha value is -3.96. The van der Waals surface area contributed by atoms with E-state index in [4.69, 9.17) is 0 Å². The topological polar surface area (TPSA) is 118 Å². The summed E-state index contributed by atoms with van der Waals surface area (Å²) >= 11 is 1.35. The highest BCUT2D eigenvalue weighted by atomic mass is 32.2. The number of hydrogen-bond acceptors (Lipinski definition) is 8. The predicted molar refractivity (Wildman–Crippen MR) is 132 cm³/mol. The van der Waals surface area contributed by atoms with Crippen molar-refractivity contribution in [1.82, 2.24) is 19.9 Å². The molecule has 2 aromatic carbocycles. The number of amides is 1. The molecule has 0 aliphatic rings. The molecular formula is C23H18N6O3S2. The van der Waals surface area contributed by atoms with Gasteiger partial charge in [-0.15, -0.1) is 0 Å². The number of thiazole rings is 1. The van der Waals surface area contributed by atoms with Crippen LogP contribution < -0.4 is 9.62 Å². The van der Waals surface area contributed by atoms with E-state index in [1.54, 1.807) is 36.7 Å². The normalized spacial score (nSPS) is 11.6. The lowest BCUT2D eigenvalue weighted by atomic mass is 10.1. The third-order valence-electron chi connectivity index (χ3n) is 5.17. The number of aromatic nitrogens is 4. The number of fused-ring (bicyclic) bond motifs is 2. The van der Waals surface area contributed by atoms with E-state index in [0.717, 1.165) is 25.5 Å². The van der Waals surface area contributed by atoms with Crippen molar-refractivity contribution in [3.05, 3.63) is 67.1 Å². The second kappa shape index (κ2) is 8.43. The molecule has 0 saturated carbocycles. The van der Waals surface area contributed by atoms with Gasteiger partial charge in [-0.05, 0) is 30.3 Å². The first-order chi connectivity index (χ1) is 16.3. The molecule has 0 radical (unpaired) electrons. The Balaban J connectivity index is 1.52. The van der Waals surface area contributed by atoms with Crippen molar-refractivity contribution >= 4 is 59.3 Å². The average Bonchev–Trinajstić information content (AvgIpc) is 3.24. The predicted octanol–water partition coefficient (Wildman–Crippen LogP) is 4.09. The zero-order valence-corrected chi connectivity index (χ0v) is 19.8. The molecule has 3 heterocycles. The van der Waals surface area contributed by atoms with Crippen LogP contribution >= 0.6 is 11.3 Å². The van der Waals surface area contributed by atoms with Crippen molar-refractivity contribution in [3.63, 3.8) is 0 Å². The van der Waals surface area contributed by atoms with Gasteiger partial charge in [0.15, 0.2) is 5.13 Å². The smallest absolute Gasteiger partial charge is 0.267 e. The number of sulfonamides is 1. The molecular weight excluding hydrogens is 472 g/mol. The Kier molecular flexibility index (Phi) is 5.42. The minimum absolute atomic E-state index is 0.0481. The molecule has 0 unspecified atom stereocenters. The number of pyridine rings is 1. The largest absolute Gasteiger partial charge is 0.302 e. The number of nitrogens with one attached hydrogen (secondary N) is 1. The quantitative estimate of drug-likeness (QED) is 0.394. The van der Waals surface area contributed by atoms with Crippen LogP contribution in [-0.4, -0.2) is 41.3 Å². The SMILES string of the molecule is CC(=O)Nc1nc2ccc(-c3ccnc(N(C)S(=O)(=O)c4cccc5cnccc45)n3)cc2s1. The molecule has 0 spiro atoms. The summed E-state index contributed by atoms with van der Waals surface area (Å²) in [5, 5.41) is 4.50. The molecule has 0 aliphatic carbocycles. The van der Waals surface area contributed by atoms with Crippen LogP contribution in [0.15, 0.2) is 72.0 Å². The van der Waals surface area contributed by atoms with E-state index >= 15 is 0 Å². The molecule has 5 rings (SSSR count). The van der Waals surface area contributed by atoms with Crippen molar-refractivity contribution in [2.75, 3.05) is 16.7 Å². The molecule has 0 aliphatic heterocycles. The summed E-state index contributed by atoms with van der Waals surface area (Å²) in [6, 6.07) is 14.0. The number of nitrogens with zero attached hydrogens (tertiary/aromatic N) is 5. The fraction of sp³-hybridized carbons (Fsp3) is 0.0870. The zero-order chi connectivity index (χ0) is 23.9. The van der Waals surface area contributed by atoms with Crippen LogP contribution in [-0.2, 0) is 14.8 Å².